The summed E-state index contributed by atoms with van der Waals surface area (Å²) in [7, 11) is -1.77. The molecule has 0 aliphatic carbocycles. The van der Waals surface area contributed by atoms with Crippen LogP contribution in [0, 0.1) is 0 Å². The Kier molecular flexibility index (Phi) is 7.20. The second-order valence-electron chi connectivity index (χ2n) is 5.17. The normalized spacial score (nSPS) is 15.1. The standard InChI is InChI=1S/C15H26N2O2S2/c1-6-16-13(3)14-7-9-15(10-8-14)21(18,19)17(4)12(2)11-20-5/h7-10,12-13,16H,6,11H2,1-5H3. The maximum Gasteiger partial charge on any atom is 0.243 e. The first-order valence-corrected chi connectivity index (χ1v) is 9.98. The van der Waals surface area contributed by atoms with Gasteiger partial charge in [-0.05, 0) is 44.3 Å². The first-order valence-electron chi connectivity index (χ1n) is 7.14. The molecule has 1 N–H and O–H groups in total. The number of hydrogen-bond acceptors (Lipinski definition) is 4. The summed E-state index contributed by atoms with van der Waals surface area (Å²) in [4.78, 5) is 0.352. The molecule has 2 unspecified atom stereocenters. The Morgan fingerprint density at radius 3 is 2.29 bits per heavy atom. The van der Waals surface area contributed by atoms with Gasteiger partial charge in [0.2, 0.25) is 10.0 Å². The predicted octanol–water partition coefficient (Wildman–Crippen LogP) is 2.73. The average molecular weight is 331 g/mol. The minimum absolute atomic E-state index is 0.0228. The van der Waals surface area contributed by atoms with Crippen molar-refractivity contribution >= 4 is 21.8 Å². The third kappa shape index (κ3) is 4.71. The lowest BCUT2D eigenvalue weighted by molar-refractivity contribution is 0.415. The SMILES string of the molecule is CCNC(C)c1ccc(S(=O)(=O)N(C)C(C)CSC)cc1. The molecule has 0 aromatic heterocycles. The zero-order valence-corrected chi connectivity index (χ0v) is 15.1. The van der Waals surface area contributed by atoms with Gasteiger partial charge in [-0.25, -0.2) is 8.42 Å². The topological polar surface area (TPSA) is 49.4 Å². The largest absolute Gasteiger partial charge is 0.310 e. The van der Waals surface area contributed by atoms with E-state index in [2.05, 4.69) is 19.2 Å². The Balaban J connectivity index is 2.94. The Bertz CT molecular complexity index is 529. The van der Waals surface area contributed by atoms with Gasteiger partial charge in [0.25, 0.3) is 0 Å². The number of nitrogens with zero attached hydrogens (tertiary/aromatic N) is 1. The molecular formula is C15H26N2O2S2. The molecule has 0 radical (unpaired) electrons. The van der Waals surface area contributed by atoms with Crippen molar-refractivity contribution in [2.24, 2.45) is 0 Å². The lowest BCUT2D eigenvalue weighted by Gasteiger charge is -2.24. The third-order valence-corrected chi connectivity index (χ3v) is 6.40. The van der Waals surface area contributed by atoms with Crippen LogP contribution in [-0.4, -0.2) is 44.4 Å². The Morgan fingerprint density at radius 1 is 1.24 bits per heavy atom. The highest BCUT2D eigenvalue weighted by atomic mass is 32.2. The van der Waals surface area contributed by atoms with E-state index in [1.165, 1.54) is 4.31 Å². The summed E-state index contributed by atoms with van der Waals surface area (Å²) < 4.78 is 26.6. The molecule has 21 heavy (non-hydrogen) atoms. The molecule has 0 fully saturated rings. The van der Waals surface area contributed by atoms with Crippen molar-refractivity contribution in [2.45, 2.75) is 37.8 Å². The third-order valence-electron chi connectivity index (χ3n) is 3.60. The van der Waals surface area contributed by atoms with Gasteiger partial charge in [0.1, 0.15) is 0 Å². The highest BCUT2D eigenvalue weighted by molar-refractivity contribution is 7.98. The van der Waals surface area contributed by atoms with E-state index in [4.69, 9.17) is 0 Å². The monoisotopic (exact) mass is 330 g/mol. The number of thioether (sulfide) groups is 1. The van der Waals surface area contributed by atoms with Crippen LogP contribution < -0.4 is 5.32 Å². The zero-order chi connectivity index (χ0) is 16.0. The van der Waals surface area contributed by atoms with Gasteiger partial charge in [-0.1, -0.05) is 19.1 Å². The minimum atomic E-state index is -3.42. The van der Waals surface area contributed by atoms with Gasteiger partial charge in [-0.2, -0.15) is 16.1 Å². The smallest absolute Gasteiger partial charge is 0.243 e. The van der Waals surface area contributed by atoms with Crippen LogP contribution in [0.4, 0.5) is 0 Å². The van der Waals surface area contributed by atoms with Crippen molar-refractivity contribution in [3.8, 4) is 0 Å². The van der Waals surface area contributed by atoms with Crippen LogP contribution in [-0.2, 0) is 10.0 Å². The molecule has 0 bridgehead atoms. The molecule has 0 aliphatic heterocycles. The number of benzene rings is 1. The fourth-order valence-electron chi connectivity index (χ4n) is 2.10. The summed E-state index contributed by atoms with van der Waals surface area (Å²) in [5, 5.41) is 3.32. The fourth-order valence-corrected chi connectivity index (χ4v) is 4.26. The van der Waals surface area contributed by atoms with Crippen LogP contribution in [0.5, 0.6) is 0 Å². The second-order valence-corrected chi connectivity index (χ2v) is 8.08. The second kappa shape index (κ2) is 8.17. The maximum absolute atomic E-state index is 12.6. The van der Waals surface area contributed by atoms with Crippen molar-refractivity contribution in [2.75, 3.05) is 25.6 Å². The zero-order valence-electron chi connectivity index (χ0n) is 13.5. The fraction of sp³-hybridized carbons (Fsp3) is 0.600. The van der Waals surface area contributed by atoms with Crippen LogP contribution >= 0.6 is 11.8 Å². The molecule has 2 atom stereocenters. The van der Waals surface area contributed by atoms with Gasteiger partial charge < -0.3 is 5.32 Å². The van der Waals surface area contributed by atoms with E-state index < -0.39 is 10.0 Å². The Hall–Kier alpha value is -0.560. The predicted molar refractivity (Wildman–Crippen MR) is 91.3 cm³/mol. The molecule has 120 valence electrons. The molecule has 0 saturated heterocycles. The average Bonchev–Trinajstić information content (AvgIpc) is 2.47. The number of nitrogens with one attached hydrogen (secondary N) is 1. The summed E-state index contributed by atoms with van der Waals surface area (Å²) in [6, 6.07) is 7.35. The van der Waals surface area contributed by atoms with Crippen LogP contribution in [0.1, 0.15) is 32.4 Å². The summed E-state index contributed by atoms with van der Waals surface area (Å²) in [5.74, 6) is 0.783. The van der Waals surface area contributed by atoms with Gasteiger partial charge in [-0.15, -0.1) is 0 Å². The maximum atomic E-state index is 12.6. The molecule has 0 aliphatic rings. The number of hydrogen-bond donors (Lipinski definition) is 1. The first kappa shape index (κ1) is 18.5. The van der Waals surface area contributed by atoms with Crippen molar-refractivity contribution in [3.63, 3.8) is 0 Å². The molecule has 0 amide bonds. The Labute approximate surface area is 133 Å². The van der Waals surface area contributed by atoms with E-state index in [1.807, 2.05) is 25.3 Å². The minimum Gasteiger partial charge on any atom is -0.310 e. The van der Waals surface area contributed by atoms with Crippen LogP contribution in [0.25, 0.3) is 0 Å². The van der Waals surface area contributed by atoms with E-state index in [0.717, 1.165) is 17.9 Å². The van der Waals surface area contributed by atoms with Gasteiger partial charge >= 0.3 is 0 Å². The highest BCUT2D eigenvalue weighted by Gasteiger charge is 2.25. The van der Waals surface area contributed by atoms with E-state index >= 15 is 0 Å². The van der Waals surface area contributed by atoms with Crippen molar-refractivity contribution in [1.82, 2.24) is 9.62 Å². The van der Waals surface area contributed by atoms with E-state index in [-0.39, 0.29) is 12.1 Å². The van der Waals surface area contributed by atoms with E-state index in [1.54, 1.807) is 30.9 Å². The molecule has 0 heterocycles. The molecule has 1 aromatic carbocycles. The van der Waals surface area contributed by atoms with Crippen molar-refractivity contribution < 1.29 is 8.42 Å². The molecule has 1 aromatic rings. The molecule has 0 spiro atoms. The van der Waals surface area contributed by atoms with Crippen LogP contribution in [0.3, 0.4) is 0 Å². The highest BCUT2D eigenvalue weighted by Crippen LogP contribution is 2.20. The van der Waals surface area contributed by atoms with Gasteiger partial charge in [-0.3, -0.25) is 0 Å². The van der Waals surface area contributed by atoms with Crippen molar-refractivity contribution in [3.05, 3.63) is 29.8 Å². The van der Waals surface area contributed by atoms with Crippen LogP contribution in [0.15, 0.2) is 29.2 Å². The molecular weight excluding hydrogens is 304 g/mol. The van der Waals surface area contributed by atoms with Crippen LogP contribution in [0.2, 0.25) is 0 Å². The van der Waals surface area contributed by atoms with Gasteiger partial charge in [0.15, 0.2) is 0 Å². The van der Waals surface area contributed by atoms with Gasteiger partial charge in [0, 0.05) is 24.9 Å². The lowest BCUT2D eigenvalue weighted by Crippen LogP contribution is -2.36. The molecule has 4 nitrogen and oxygen atoms in total. The first-order chi connectivity index (χ1) is 9.84. The van der Waals surface area contributed by atoms with Gasteiger partial charge in [0.05, 0.1) is 4.90 Å². The summed E-state index contributed by atoms with van der Waals surface area (Å²) in [5.41, 5.74) is 1.09. The molecule has 1 rings (SSSR count). The summed E-state index contributed by atoms with van der Waals surface area (Å²) in [6.45, 7) is 6.93. The summed E-state index contributed by atoms with van der Waals surface area (Å²) in [6.07, 6.45) is 1.98. The number of rotatable bonds is 8. The molecule has 0 saturated carbocycles. The van der Waals surface area contributed by atoms with E-state index in [9.17, 15) is 8.42 Å². The Morgan fingerprint density at radius 2 is 1.81 bits per heavy atom. The van der Waals surface area contributed by atoms with E-state index in [0.29, 0.717) is 4.90 Å². The quantitative estimate of drug-likeness (QED) is 0.796. The van der Waals surface area contributed by atoms with Crippen molar-refractivity contribution in [1.29, 1.82) is 0 Å². The molecule has 6 heteroatoms. The lowest BCUT2D eigenvalue weighted by atomic mass is 10.1. The number of sulfonamides is 1. The summed E-state index contributed by atoms with van der Waals surface area (Å²) >= 11 is 1.65.